The van der Waals surface area contributed by atoms with Crippen LogP contribution in [0.25, 0.3) is 11.3 Å². The molecule has 0 saturated heterocycles. The van der Waals surface area contributed by atoms with E-state index in [1.54, 1.807) is 26.4 Å². The van der Waals surface area contributed by atoms with E-state index in [1.165, 1.54) is 10.7 Å². The third-order valence-corrected chi connectivity index (χ3v) is 5.46. The summed E-state index contributed by atoms with van der Waals surface area (Å²) in [5.74, 6) is -0.888. The van der Waals surface area contributed by atoms with Crippen LogP contribution in [-0.2, 0) is 36.0 Å². The molecule has 0 aliphatic carbocycles. The van der Waals surface area contributed by atoms with Gasteiger partial charge in [-0.05, 0) is 36.6 Å². The van der Waals surface area contributed by atoms with Crippen molar-refractivity contribution in [2.45, 2.75) is 33.3 Å². The van der Waals surface area contributed by atoms with Crippen molar-refractivity contribution in [1.82, 2.24) is 24.7 Å². The number of aryl methyl sites for hydroxylation is 3. The number of ketones is 1. The molecule has 4 rings (SSSR count). The summed E-state index contributed by atoms with van der Waals surface area (Å²) in [5.41, 5.74) is 3.58. The summed E-state index contributed by atoms with van der Waals surface area (Å²) < 4.78 is 21.3. The van der Waals surface area contributed by atoms with Crippen LogP contribution in [0.4, 0.5) is 4.39 Å². The Morgan fingerprint density at radius 2 is 1.80 bits per heavy atom. The normalized spacial score (nSPS) is 10.9. The first kappa shape index (κ1) is 23.9. The number of carbonyl (C=O) groups excluding carboxylic acids is 2. The maximum absolute atomic E-state index is 14.5. The fraction of sp³-hybridized carbons (Fsp3) is 0.231. The van der Waals surface area contributed by atoms with Gasteiger partial charge in [0.05, 0.1) is 30.2 Å². The Balaban J connectivity index is 1.51. The number of aromatic nitrogens is 5. The van der Waals surface area contributed by atoms with Crippen LogP contribution in [0.2, 0.25) is 0 Å². The molecular formula is C26H24FN5O3. The van der Waals surface area contributed by atoms with Crippen LogP contribution < -0.4 is 0 Å². The Labute approximate surface area is 201 Å². The highest BCUT2D eigenvalue weighted by Gasteiger charge is 2.22. The van der Waals surface area contributed by atoms with Gasteiger partial charge < -0.3 is 4.74 Å². The maximum atomic E-state index is 14.5. The second kappa shape index (κ2) is 10.3. The third-order valence-electron chi connectivity index (χ3n) is 5.46. The van der Waals surface area contributed by atoms with Crippen LogP contribution in [0.5, 0.6) is 0 Å². The fourth-order valence-corrected chi connectivity index (χ4v) is 3.70. The van der Waals surface area contributed by atoms with E-state index >= 15 is 0 Å². The molecule has 8 nitrogen and oxygen atoms in total. The van der Waals surface area contributed by atoms with E-state index in [0.717, 1.165) is 17.3 Å². The number of pyridine rings is 1. The second-order valence-electron chi connectivity index (χ2n) is 8.17. The summed E-state index contributed by atoms with van der Waals surface area (Å²) in [6.07, 6.45) is 3.91. The Morgan fingerprint density at radius 3 is 2.57 bits per heavy atom. The van der Waals surface area contributed by atoms with Crippen LogP contribution in [0.1, 0.15) is 38.7 Å². The molecule has 0 N–H and O–H groups in total. The Morgan fingerprint density at radius 1 is 1.03 bits per heavy atom. The molecule has 0 amide bonds. The van der Waals surface area contributed by atoms with Crippen molar-refractivity contribution in [2.75, 3.05) is 0 Å². The van der Waals surface area contributed by atoms with E-state index in [-0.39, 0.29) is 30.8 Å². The van der Waals surface area contributed by atoms with Crippen LogP contribution >= 0.6 is 0 Å². The Kier molecular flexibility index (Phi) is 7.05. The molecule has 0 unspecified atom stereocenters. The summed E-state index contributed by atoms with van der Waals surface area (Å²) in [6, 6.07) is 10.7. The molecular weight excluding hydrogens is 449 g/mol. The second-order valence-corrected chi connectivity index (χ2v) is 8.17. The van der Waals surface area contributed by atoms with E-state index in [9.17, 15) is 14.0 Å². The molecule has 0 spiro atoms. The average Bonchev–Trinajstić information content (AvgIpc) is 3.23. The fourth-order valence-electron chi connectivity index (χ4n) is 3.70. The SMILES string of the molecule is Cc1ncc(C)c(-c2cnn(C)c2C(=O)Cc2cc(CC(=O)OCc3ccccc3)ncc2F)n1. The molecule has 178 valence electrons. The molecule has 35 heavy (non-hydrogen) atoms. The number of Topliss-reactive ketones (excluding diaryl/α,β-unsaturated/α-hetero) is 1. The molecule has 0 aliphatic heterocycles. The molecule has 3 aromatic heterocycles. The largest absolute Gasteiger partial charge is 0.461 e. The van der Waals surface area contributed by atoms with E-state index in [0.29, 0.717) is 28.5 Å². The number of halogens is 1. The minimum absolute atomic E-state index is 0.134. The monoisotopic (exact) mass is 473 g/mol. The van der Waals surface area contributed by atoms with Crippen molar-refractivity contribution >= 4 is 11.8 Å². The van der Waals surface area contributed by atoms with Crippen LogP contribution in [0.15, 0.2) is 55.0 Å². The number of ether oxygens (including phenoxy) is 1. The molecule has 3 heterocycles. The predicted octanol–water partition coefficient (Wildman–Crippen LogP) is 3.74. The van der Waals surface area contributed by atoms with Crippen molar-refractivity contribution in [2.24, 2.45) is 7.05 Å². The highest BCUT2D eigenvalue weighted by atomic mass is 19.1. The van der Waals surface area contributed by atoms with E-state index < -0.39 is 11.8 Å². The Hall–Kier alpha value is -4.27. The molecule has 0 bridgehead atoms. The summed E-state index contributed by atoms with van der Waals surface area (Å²) in [7, 11) is 1.65. The van der Waals surface area contributed by atoms with Gasteiger partial charge in [-0.15, -0.1) is 0 Å². The van der Waals surface area contributed by atoms with Gasteiger partial charge in [0.2, 0.25) is 0 Å². The number of esters is 1. The highest BCUT2D eigenvalue weighted by molar-refractivity contribution is 6.01. The number of carbonyl (C=O) groups is 2. The molecule has 4 aromatic rings. The van der Waals surface area contributed by atoms with Gasteiger partial charge in [-0.3, -0.25) is 19.3 Å². The highest BCUT2D eigenvalue weighted by Crippen LogP contribution is 2.26. The first-order valence-corrected chi connectivity index (χ1v) is 11.0. The molecule has 0 aliphatic rings. The first-order valence-electron chi connectivity index (χ1n) is 11.0. The topological polar surface area (TPSA) is 99.9 Å². The van der Waals surface area contributed by atoms with Gasteiger partial charge in [0, 0.05) is 25.2 Å². The van der Waals surface area contributed by atoms with Gasteiger partial charge in [0.15, 0.2) is 5.78 Å². The number of rotatable bonds is 8. The number of nitrogens with zero attached hydrogens (tertiary/aromatic N) is 5. The van der Waals surface area contributed by atoms with Gasteiger partial charge in [-0.2, -0.15) is 5.10 Å². The van der Waals surface area contributed by atoms with Crippen molar-refractivity contribution in [3.63, 3.8) is 0 Å². The van der Waals surface area contributed by atoms with Gasteiger partial charge in [0.25, 0.3) is 0 Å². The number of hydrogen-bond donors (Lipinski definition) is 0. The standard InChI is InChI=1S/C26H24FN5O3/c1-16-12-28-17(2)31-25(16)21-13-30-32(3)26(21)23(33)10-19-9-20(29-14-22(19)27)11-24(34)35-15-18-7-5-4-6-8-18/h4-9,12-14H,10-11,15H2,1-3H3. The molecule has 0 radical (unpaired) electrons. The van der Waals surface area contributed by atoms with Gasteiger partial charge >= 0.3 is 5.97 Å². The zero-order valence-corrected chi connectivity index (χ0v) is 19.7. The average molecular weight is 474 g/mol. The molecule has 0 fully saturated rings. The zero-order valence-electron chi connectivity index (χ0n) is 19.7. The summed E-state index contributed by atoms with van der Waals surface area (Å²) >= 11 is 0. The van der Waals surface area contributed by atoms with Gasteiger partial charge in [0.1, 0.15) is 23.9 Å². The summed E-state index contributed by atoms with van der Waals surface area (Å²) in [6.45, 7) is 3.75. The third kappa shape index (κ3) is 5.63. The molecule has 0 atom stereocenters. The van der Waals surface area contributed by atoms with Crippen LogP contribution in [0, 0.1) is 19.7 Å². The van der Waals surface area contributed by atoms with Crippen molar-refractivity contribution in [1.29, 1.82) is 0 Å². The predicted molar refractivity (Wildman–Crippen MR) is 126 cm³/mol. The van der Waals surface area contributed by atoms with Crippen molar-refractivity contribution < 1.29 is 18.7 Å². The lowest BCUT2D eigenvalue weighted by Crippen LogP contribution is -2.14. The quantitative estimate of drug-likeness (QED) is 0.284. The van der Waals surface area contributed by atoms with Crippen LogP contribution in [0.3, 0.4) is 0 Å². The van der Waals surface area contributed by atoms with Gasteiger partial charge in [-0.25, -0.2) is 14.4 Å². The van der Waals surface area contributed by atoms with Crippen LogP contribution in [-0.4, -0.2) is 36.5 Å². The lowest BCUT2D eigenvalue weighted by Gasteiger charge is -2.10. The smallest absolute Gasteiger partial charge is 0.312 e. The lowest BCUT2D eigenvalue weighted by molar-refractivity contribution is -0.144. The maximum Gasteiger partial charge on any atom is 0.312 e. The molecule has 9 heteroatoms. The first-order chi connectivity index (χ1) is 16.8. The van der Waals surface area contributed by atoms with E-state index in [1.807, 2.05) is 37.3 Å². The van der Waals surface area contributed by atoms with Crippen molar-refractivity contribution in [3.8, 4) is 11.3 Å². The number of benzene rings is 1. The minimum atomic E-state index is -0.627. The summed E-state index contributed by atoms with van der Waals surface area (Å²) in [4.78, 5) is 38.1. The summed E-state index contributed by atoms with van der Waals surface area (Å²) in [5, 5.41) is 4.22. The number of hydrogen-bond acceptors (Lipinski definition) is 7. The molecule has 0 saturated carbocycles. The minimum Gasteiger partial charge on any atom is -0.461 e. The molecule has 1 aromatic carbocycles. The van der Waals surface area contributed by atoms with E-state index in [2.05, 4.69) is 20.1 Å². The lowest BCUT2D eigenvalue weighted by atomic mass is 10.0. The zero-order chi connectivity index (χ0) is 24.9. The Bertz CT molecular complexity index is 1390. The van der Waals surface area contributed by atoms with Crippen molar-refractivity contribution in [3.05, 3.63) is 94.7 Å². The van der Waals surface area contributed by atoms with E-state index in [4.69, 9.17) is 4.74 Å². The van der Waals surface area contributed by atoms with Gasteiger partial charge in [-0.1, -0.05) is 30.3 Å².